The minimum absolute atomic E-state index is 0.197. The third-order valence-electron chi connectivity index (χ3n) is 5.30. The van der Waals surface area contributed by atoms with Crippen molar-refractivity contribution in [2.45, 2.75) is 45.4 Å². The summed E-state index contributed by atoms with van der Waals surface area (Å²) in [6.07, 6.45) is 5.21. The fraction of sp³-hybridized carbons (Fsp3) is 0.429. The normalized spacial score (nSPS) is 17.9. The van der Waals surface area contributed by atoms with E-state index in [2.05, 4.69) is 43.0 Å². The second-order valence-corrected chi connectivity index (χ2v) is 7.57. The maximum atomic E-state index is 13.0. The second-order valence-electron chi connectivity index (χ2n) is 7.57. The van der Waals surface area contributed by atoms with Crippen molar-refractivity contribution in [1.29, 1.82) is 0 Å². The van der Waals surface area contributed by atoms with Gasteiger partial charge in [-0.15, -0.1) is 0 Å². The van der Waals surface area contributed by atoms with E-state index in [1.54, 1.807) is 0 Å². The lowest BCUT2D eigenvalue weighted by Crippen LogP contribution is -2.20. The minimum Gasteiger partial charge on any atom is -0.345 e. The Kier molecular flexibility index (Phi) is 4.43. The van der Waals surface area contributed by atoms with Gasteiger partial charge in [-0.1, -0.05) is 26.0 Å². The Morgan fingerprint density at radius 3 is 1.87 bits per heavy atom. The Morgan fingerprint density at radius 1 is 0.870 bits per heavy atom. The molecule has 0 amide bonds. The van der Waals surface area contributed by atoms with Crippen molar-refractivity contribution in [1.82, 2.24) is 0 Å². The Bertz CT molecular complexity index is 633. The molecule has 0 aliphatic heterocycles. The van der Waals surface area contributed by atoms with E-state index in [1.807, 2.05) is 19.2 Å². The molecular weight excluding hydrogens is 285 g/mol. The SMILES string of the molecule is CN(c1ccc(F)cc1)c1ccc(C2CCC(C)(C)CC2)cc1. The molecule has 1 nitrogen and oxygen atoms in total. The van der Waals surface area contributed by atoms with Crippen LogP contribution in [0.4, 0.5) is 15.8 Å². The molecule has 23 heavy (non-hydrogen) atoms. The molecule has 0 unspecified atom stereocenters. The first-order chi connectivity index (χ1) is 10.9. The summed E-state index contributed by atoms with van der Waals surface area (Å²) in [4.78, 5) is 2.09. The quantitative estimate of drug-likeness (QED) is 0.645. The molecule has 0 saturated heterocycles. The molecule has 1 fully saturated rings. The number of nitrogens with zero attached hydrogens (tertiary/aromatic N) is 1. The van der Waals surface area contributed by atoms with Gasteiger partial charge in [-0.3, -0.25) is 0 Å². The molecule has 3 rings (SSSR count). The van der Waals surface area contributed by atoms with E-state index < -0.39 is 0 Å². The van der Waals surface area contributed by atoms with Gasteiger partial charge < -0.3 is 4.90 Å². The topological polar surface area (TPSA) is 3.24 Å². The predicted molar refractivity (Wildman–Crippen MR) is 95.9 cm³/mol. The molecule has 0 bridgehead atoms. The maximum absolute atomic E-state index is 13.0. The number of hydrogen-bond donors (Lipinski definition) is 0. The molecular formula is C21H26FN. The average molecular weight is 311 g/mol. The molecule has 0 radical (unpaired) electrons. The Morgan fingerprint density at radius 2 is 1.35 bits per heavy atom. The summed E-state index contributed by atoms with van der Waals surface area (Å²) in [6, 6.07) is 15.5. The second kappa shape index (κ2) is 6.35. The van der Waals surface area contributed by atoms with Crippen LogP contribution in [0.1, 0.15) is 51.0 Å². The summed E-state index contributed by atoms with van der Waals surface area (Å²) < 4.78 is 13.0. The van der Waals surface area contributed by atoms with Gasteiger partial charge in [-0.05, 0) is 79.0 Å². The first kappa shape index (κ1) is 16.0. The van der Waals surface area contributed by atoms with Crippen LogP contribution in [0.25, 0.3) is 0 Å². The van der Waals surface area contributed by atoms with Crippen molar-refractivity contribution in [3.05, 3.63) is 59.9 Å². The van der Waals surface area contributed by atoms with Crippen molar-refractivity contribution in [2.75, 3.05) is 11.9 Å². The van der Waals surface area contributed by atoms with E-state index in [4.69, 9.17) is 0 Å². The lowest BCUT2D eigenvalue weighted by atomic mass is 9.71. The van der Waals surface area contributed by atoms with E-state index in [0.29, 0.717) is 11.3 Å². The van der Waals surface area contributed by atoms with Gasteiger partial charge >= 0.3 is 0 Å². The van der Waals surface area contributed by atoms with Gasteiger partial charge in [0.05, 0.1) is 0 Å². The fourth-order valence-electron chi connectivity index (χ4n) is 3.52. The van der Waals surface area contributed by atoms with Gasteiger partial charge in [0.25, 0.3) is 0 Å². The largest absolute Gasteiger partial charge is 0.345 e. The highest BCUT2D eigenvalue weighted by Crippen LogP contribution is 2.42. The van der Waals surface area contributed by atoms with Crippen molar-refractivity contribution >= 4 is 11.4 Å². The molecule has 0 spiro atoms. The molecule has 0 heterocycles. The predicted octanol–water partition coefficient (Wildman–Crippen LogP) is 6.28. The standard InChI is InChI=1S/C21H26FN/c1-21(2)14-12-17(13-15-21)16-4-8-19(9-5-16)23(3)20-10-6-18(22)7-11-20/h4-11,17H,12-15H2,1-3H3. The lowest BCUT2D eigenvalue weighted by Gasteiger charge is -2.34. The molecule has 0 N–H and O–H groups in total. The molecule has 1 saturated carbocycles. The number of benzene rings is 2. The zero-order valence-corrected chi connectivity index (χ0v) is 14.3. The van der Waals surface area contributed by atoms with Crippen LogP contribution in [0.2, 0.25) is 0 Å². The maximum Gasteiger partial charge on any atom is 0.123 e. The average Bonchev–Trinajstić information content (AvgIpc) is 2.55. The number of rotatable bonds is 3. The van der Waals surface area contributed by atoms with Gasteiger partial charge in [0.15, 0.2) is 0 Å². The summed E-state index contributed by atoms with van der Waals surface area (Å²) in [5, 5.41) is 0. The molecule has 2 aromatic carbocycles. The summed E-state index contributed by atoms with van der Waals surface area (Å²) in [6.45, 7) is 4.76. The van der Waals surface area contributed by atoms with Crippen LogP contribution in [0.3, 0.4) is 0 Å². The third-order valence-corrected chi connectivity index (χ3v) is 5.30. The Hall–Kier alpha value is -1.83. The van der Waals surface area contributed by atoms with E-state index in [-0.39, 0.29) is 5.82 Å². The van der Waals surface area contributed by atoms with Gasteiger partial charge in [-0.2, -0.15) is 0 Å². The van der Waals surface area contributed by atoms with E-state index in [0.717, 1.165) is 11.4 Å². The molecule has 2 aromatic rings. The molecule has 0 atom stereocenters. The molecule has 1 aliphatic rings. The van der Waals surface area contributed by atoms with Crippen molar-refractivity contribution in [2.24, 2.45) is 5.41 Å². The first-order valence-corrected chi connectivity index (χ1v) is 8.54. The van der Waals surface area contributed by atoms with Gasteiger partial charge in [0.2, 0.25) is 0 Å². The van der Waals surface area contributed by atoms with Crippen molar-refractivity contribution < 1.29 is 4.39 Å². The summed E-state index contributed by atoms with van der Waals surface area (Å²) in [5.74, 6) is 0.505. The highest BCUT2D eigenvalue weighted by Gasteiger charge is 2.27. The summed E-state index contributed by atoms with van der Waals surface area (Å²) >= 11 is 0. The minimum atomic E-state index is -0.197. The van der Waals surface area contributed by atoms with E-state index >= 15 is 0 Å². The highest BCUT2D eigenvalue weighted by atomic mass is 19.1. The van der Waals surface area contributed by atoms with E-state index in [9.17, 15) is 4.39 Å². The van der Waals surface area contributed by atoms with Crippen LogP contribution in [0.15, 0.2) is 48.5 Å². The highest BCUT2D eigenvalue weighted by molar-refractivity contribution is 5.62. The van der Waals surface area contributed by atoms with Gasteiger partial charge in [0, 0.05) is 18.4 Å². The smallest absolute Gasteiger partial charge is 0.123 e. The van der Waals surface area contributed by atoms with Crippen LogP contribution in [0.5, 0.6) is 0 Å². The van der Waals surface area contributed by atoms with Crippen LogP contribution in [-0.4, -0.2) is 7.05 Å². The zero-order chi connectivity index (χ0) is 16.4. The van der Waals surface area contributed by atoms with Crippen LogP contribution in [-0.2, 0) is 0 Å². The molecule has 1 aliphatic carbocycles. The van der Waals surface area contributed by atoms with Crippen molar-refractivity contribution in [3.63, 3.8) is 0 Å². The number of anilines is 2. The molecule has 2 heteroatoms. The van der Waals surface area contributed by atoms with Gasteiger partial charge in [-0.25, -0.2) is 4.39 Å². The monoisotopic (exact) mass is 311 g/mol. The zero-order valence-electron chi connectivity index (χ0n) is 14.3. The summed E-state index contributed by atoms with van der Waals surface area (Å²) in [5.41, 5.74) is 4.10. The van der Waals surface area contributed by atoms with Crippen LogP contribution >= 0.6 is 0 Å². The summed E-state index contributed by atoms with van der Waals surface area (Å²) in [7, 11) is 2.02. The van der Waals surface area contributed by atoms with Gasteiger partial charge in [0.1, 0.15) is 5.82 Å². The lowest BCUT2D eigenvalue weighted by molar-refractivity contribution is 0.224. The van der Waals surface area contributed by atoms with E-state index in [1.165, 1.54) is 43.4 Å². The number of hydrogen-bond acceptors (Lipinski definition) is 1. The van der Waals surface area contributed by atoms with Crippen molar-refractivity contribution in [3.8, 4) is 0 Å². The Labute approximate surface area is 139 Å². The Balaban J connectivity index is 1.71. The fourth-order valence-corrected chi connectivity index (χ4v) is 3.52. The molecule has 122 valence electrons. The molecule has 0 aromatic heterocycles. The van der Waals surface area contributed by atoms with Crippen LogP contribution < -0.4 is 4.90 Å². The third kappa shape index (κ3) is 3.74. The van der Waals surface area contributed by atoms with Crippen LogP contribution in [0, 0.1) is 11.2 Å². The first-order valence-electron chi connectivity index (χ1n) is 8.54. The number of halogens is 1.